The van der Waals surface area contributed by atoms with Crippen LogP contribution in [0.3, 0.4) is 0 Å². The molecule has 6 rings (SSSR count). The number of aromatic nitrogens is 4. The minimum absolute atomic E-state index is 0.569. The molecule has 0 amide bonds. The summed E-state index contributed by atoms with van der Waals surface area (Å²) in [4.78, 5) is 8.05. The second-order valence-electron chi connectivity index (χ2n) is 8.37. The van der Waals surface area contributed by atoms with Crippen LogP contribution in [-0.2, 0) is 4.74 Å². The van der Waals surface area contributed by atoms with Gasteiger partial charge in [-0.3, -0.25) is 5.10 Å². The Balaban J connectivity index is 1.31. The third-order valence-corrected chi connectivity index (χ3v) is 6.25. The van der Waals surface area contributed by atoms with Crippen LogP contribution in [0.25, 0.3) is 44.3 Å². The van der Waals surface area contributed by atoms with Crippen LogP contribution in [0.1, 0.15) is 12.8 Å². The van der Waals surface area contributed by atoms with Gasteiger partial charge in [-0.25, -0.2) is 4.98 Å². The topological polar surface area (TPSA) is 75.8 Å². The molecular weight excluding hydrogens is 400 g/mol. The van der Waals surface area contributed by atoms with Crippen LogP contribution in [0.2, 0.25) is 0 Å². The van der Waals surface area contributed by atoms with Crippen molar-refractivity contribution in [1.82, 2.24) is 20.2 Å². The molecule has 1 saturated heterocycles. The predicted octanol–water partition coefficient (Wildman–Crippen LogP) is 5.58. The Hall–Kier alpha value is -3.64. The van der Waals surface area contributed by atoms with E-state index in [-0.39, 0.29) is 0 Å². The van der Waals surface area contributed by atoms with Crippen molar-refractivity contribution in [2.45, 2.75) is 12.8 Å². The third-order valence-electron chi connectivity index (χ3n) is 6.25. The number of aromatic amines is 2. The number of H-pyrrole nitrogens is 2. The Morgan fingerprint density at radius 1 is 1.00 bits per heavy atom. The molecule has 3 aromatic heterocycles. The van der Waals surface area contributed by atoms with E-state index in [0.717, 1.165) is 82.7 Å². The first-order valence-electron chi connectivity index (χ1n) is 11.1. The highest BCUT2D eigenvalue weighted by atomic mass is 16.5. The van der Waals surface area contributed by atoms with Crippen molar-refractivity contribution in [3.05, 3.63) is 67.0 Å². The second kappa shape index (κ2) is 8.13. The normalized spacial score (nSPS) is 14.9. The Kier molecular flexibility index (Phi) is 4.85. The van der Waals surface area contributed by atoms with Crippen molar-refractivity contribution in [2.24, 2.45) is 5.92 Å². The van der Waals surface area contributed by atoms with Gasteiger partial charge in [0.05, 0.1) is 18.3 Å². The fraction of sp³-hybridized carbons (Fsp3) is 0.231. The summed E-state index contributed by atoms with van der Waals surface area (Å²) in [6, 6.07) is 18.8. The predicted molar refractivity (Wildman–Crippen MR) is 126 cm³/mol. The van der Waals surface area contributed by atoms with E-state index in [1.165, 1.54) is 0 Å². The van der Waals surface area contributed by atoms with Crippen LogP contribution < -0.4 is 4.74 Å². The van der Waals surface area contributed by atoms with E-state index >= 15 is 0 Å². The standard InChI is InChI=1S/C26H24N4O2/c1-2-19(13-21(3-1)32-16-17-7-10-31-11-8-17)25-14-23-22(6-9-27-26(23)29-25)18-4-5-24-20(12-18)15-28-30-24/h1-6,9,12-15,17H,7-8,10-11,16H2,(H,27,29)(H,28,30). The van der Waals surface area contributed by atoms with Crippen molar-refractivity contribution >= 4 is 21.9 Å². The Morgan fingerprint density at radius 3 is 2.88 bits per heavy atom. The van der Waals surface area contributed by atoms with Crippen molar-refractivity contribution in [3.8, 4) is 28.1 Å². The van der Waals surface area contributed by atoms with Gasteiger partial charge in [-0.15, -0.1) is 0 Å². The fourth-order valence-corrected chi connectivity index (χ4v) is 4.42. The molecule has 0 radical (unpaired) electrons. The average Bonchev–Trinajstić information content (AvgIpc) is 3.50. The molecular formula is C26H24N4O2. The summed E-state index contributed by atoms with van der Waals surface area (Å²) < 4.78 is 11.6. The average molecular weight is 425 g/mol. The molecule has 2 aromatic carbocycles. The summed E-state index contributed by atoms with van der Waals surface area (Å²) in [5.41, 5.74) is 6.31. The Bertz CT molecular complexity index is 1380. The number of rotatable bonds is 5. The van der Waals surface area contributed by atoms with E-state index in [1.54, 1.807) is 0 Å². The molecule has 0 unspecified atom stereocenters. The number of nitrogens with one attached hydrogen (secondary N) is 2. The van der Waals surface area contributed by atoms with Gasteiger partial charge in [0.15, 0.2) is 0 Å². The van der Waals surface area contributed by atoms with Crippen LogP contribution in [0.4, 0.5) is 0 Å². The lowest BCUT2D eigenvalue weighted by Crippen LogP contribution is -2.21. The molecule has 0 spiro atoms. The van der Waals surface area contributed by atoms with Gasteiger partial charge in [0.25, 0.3) is 0 Å². The SMILES string of the molecule is c1cc(OCC2CCOCC2)cc(-c2cc3c(-c4ccc5[nH]ncc5c4)ccnc3[nH]2)c1. The van der Waals surface area contributed by atoms with Crippen LogP contribution in [0, 0.1) is 5.92 Å². The van der Waals surface area contributed by atoms with Gasteiger partial charge in [0, 0.05) is 41.4 Å². The largest absolute Gasteiger partial charge is 0.493 e. The quantitative estimate of drug-likeness (QED) is 0.386. The van der Waals surface area contributed by atoms with Crippen molar-refractivity contribution in [3.63, 3.8) is 0 Å². The fourth-order valence-electron chi connectivity index (χ4n) is 4.42. The lowest BCUT2D eigenvalue weighted by Gasteiger charge is -2.22. The van der Waals surface area contributed by atoms with Gasteiger partial charge in [0.2, 0.25) is 0 Å². The first-order valence-corrected chi connectivity index (χ1v) is 11.1. The molecule has 0 atom stereocenters. The maximum Gasteiger partial charge on any atom is 0.138 e. The Morgan fingerprint density at radius 2 is 1.94 bits per heavy atom. The van der Waals surface area contributed by atoms with Gasteiger partial charge in [-0.1, -0.05) is 18.2 Å². The van der Waals surface area contributed by atoms with E-state index in [4.69, 9.17) is 9.47 Å². The smallest absolute Gasteiger partial charge is 0.138 e. The summed E-state index contributed by atoms with van der Waals surface area (Å²) in [5.74, 6) is 1.46. The van der Waals surface area contributed by atoms with Crippen LogP contribution in [0.5, 0.6) is 5.75 Å². The molecule has 1 aliphatic rings. The number of hydrogen-bond acceptors (Lipinski definition) is 4. The monoisotopic (exact) mass is 424 g/mol. The molecule has 6 heteroatoms. The molecule has 0 bridgehead atoms. The molecule has 160 valence electrons. The van der Waals surface area contributed by atoms with Gasteiger partial charge in [0.1, 0.15) is 11.4 Å². The number of nitrogens with zero attached hydrogens (tertiary/aromatic N) is 2. The number of benzene rings is 2. The summed E-state index contributed by atoms with van der Waals surface area (Å²) in [7, 11) is 0. The number of fused-ring (bicyclic) bond motifs is 2. The van der Waals surface area contributed by atoms with Gasteiger partial charge in [-0.2, -0.15) is 5.10 Å². The molecule has 4 heterocycles. The van der Waals surface area contributed by atoms with E-state index in [0.29, 0.717) is 5.92 Å². The summed E-state index contributed by atoms with van der Waals surface area (Å²) >= 11 is 0. The molecule has 1 aliphatic heterocycles. The second-order valence-corrected chi connectivity index (χ2v) is 8.37. The minimum Gasteiger partial charge on any atom is -0.493 e. The number of pyridine rings is 1. The maximum absolute atomic E-state index is 6.11. The van der Waals surface area contributed by atoms with E-state index in [2.05, 4.69) is 62.6 Å². The molecule has 6 nitrogen and oxygen atoms in total. The van der Waals surface area contributed by atoms with E-state index in [9.17, 15) is 0 Å². The zero-order chi connectivity index (χ0) is 21.3. The molecule has 2 N–H and O–H groups in total. The highest BCUT2D eigenvalue weighted by Gasteiger charge is 2.15. The van der Waals surface area contributed by atoms with Gasteiger partial charge in [-0.05, 0) is 66.3 Å². The van der Waals surface area contributed by atoms with Crippen molar-refractivity contribution in [1.29, 1.82) is 0 Å². The highest BCUT2D eigenvalue weighted by Crippen LogP contribution is 2.33. The first kappa shape index (κ1) is 19.1. The molecule has 0 saturated carbocycles. The van der Waals surface area contributed by atoms with Crippen LogP contribution in [-0.4, -0.2) is 40.0 Å². The van der Waals surface area contributed by atoms with Crippen LogP contribution in [0.15, 0.2) is 67.0 Å². The number of ether oxygens (including phenoxy) is 2. The minimum atomic E-state index is 0.569. The van der Waals surface area contributed by atoms with Crippen molar-refractivity contribution in [2.75, 3.05) is 19.8 Å². The van der Waals surface area contributed by atoms with Crippen molar-refractivity contribution < 1.29 is 9.47 Å². The zero-order valence-corrected chi connectivity index (χ0v) is 17.7. The van der Waals surface area contributed by atoms with E-state index < -0.39 is 0 Å². The summed E-state index contributed by atoms with van der Waals surface area (Å²) in [5, 5.41) is 9.34. The third kappa shape index (κ3) is 3.63. The first-order chi connectivity index (χ1) is 15.8. The lowest BCUT2D eigenvalue weighted by atomic mass is 10.0. The maximum atomic E-state index is 6.11. The van der Waals surface area contributed by atoms with Gasteiger partial charge < -0.3 is 14.5 Å². The lowest BCUT2D eigenvalue weighted by molar-refractivity contribution is 0.0497. The molecule has 1 fully saturated rings. The number of hydrogen-bond donors (Lipinski definition) is 2. The molecule has 32 heavy (non-hydrogen) atoms. The highest BCUT2D eigenvalue weighted by molar-refractivity contribution is 5.98. The van der Waals surface area contributed by atoms with Crippen LogP contribution >= 0.6 is 0 Å². The summed E-state index contributed by atoms with van der Waals surface area (Å²) in [6.45, 7) is 2.42. The zero-order valence-electron chi connectivity index (χ0n) is 17.7. The Labute approximate surface area is 185 Å². The van der Waals surface area contributed by atoms with Gasteiger partial charge >= 0.3 is 0 Å². The van der Waals surface area contributed by atoms with E-state index in [1.807, 2.05) is 24.5 Å². The molecule has 5 aromatic rings. The molecule has 0 aliphatic carbocycles. The summed E-state index contributed by atoms with van der Waals surface area (Å²) in [6.07, 6.45) is 5.85.